The molecule has 1 aliphatic heterocycles. The van der Waals surface area contributed by atoms with E-state index in [1.54, 1.807) is 36.6 Å². The van der Waals surface area contributed by atoms with E-state index in [0.29, 0.717) is 39.2 Å². The number of nitrogens with zero attached hydrogens (tertiary/aromatic N) is 3. The number of thioether (sulfide) groups is 1. The van der Waals surface area contributed by atoms with Gasteiger partial charge in [0.2, 0.25) is 5.91 Å². The zero-order valence-electron chi connectivity index (χ0n) is 19.8. The van der Waals surface area contributed by atoms with Crippen LogP contribution in [0.25, 0.3) is 10.9 Å². The number of aromatic nitrogens is 2. The maximum atomic E-state index is 13.4. The Kier molecular flexibility index (Phi) is 7.11. The normalized spacial score (nSPS) is 19.2. The zero-order valence-corrected chi connectivity index (χ0v) is 20.6. The molecule has 3 heterocycles. The molecule has 180 valence electrons. The Morgan fingerprint density at radius 3 is 2.62 bits per heavy atom. The topological polar surface area (TPSA) is 94.6 Å². The number of ether oxygens (including phenoxy) is 1. The summed E-state index contributed by atoms with van der Waals surface area (Å²) in [6.07, 6.45) is 2.66. The minimum Gasteiger partial charge on any atom is -0.467 e. The highest BCUT2D eigenvalue weighted by atomic mass is 32.2. The Labute approximate surface area is 202 Å². The van der Waals surface area contributed by atoms with Crippen molar-refractivity contribution >= 4 is 34.5 Å². The first kappa shape index (κ1) is 24.1. The summed E-state index contributed by atoms with van der Waals surface area (Å²) < 4.78 is 11.8. The van der Waals surface area contributed by atoms with Gasteiger partial charge in [-0.25, -0.2) is 9.78 Å². The molecule has 0 spiro atoms. The van der Waals surface area contributed by atoms with Gasteiger partial charge in [-0.2, -0.15) is 0 Å². The van der Waals surface area contributed by atoms with Crippen LogP contribution >= 0.6 is 11.8 Å². The maximum Gasteiger partial charge on any atom is 0.337 e. The Morgan fingerprint density at radius 1 is 1.24 bits per heavy atom. The highest BCUT2D eigenvalue weighted by molar-refractivity contribution is 8.00. The van der Waals surface area contributed by atoms with Crippen molar-refractivity contribution in [3.05, 3.63) is 58.3 Å². The van der Waals surface area contributed by atoms with E-state index in [0.717, 1.165) is 19.5 Å². The standard InChI is InChI=1S/C25H29N3O5S/c1-15-10-16(2)13-27(12-15)22(29)17(3)34-25-26-21-11-18(24(31)32-4)7-8-20(21)23(30)28(25)14-19-6-5-9-33-19/h5-9,11,15-17H,10,12-14H2,1-4H3. The van der Waals surface area contributed by atoms with E-state index >= 15 is 0 Å². The van der Waals surface area contributed by atoms with E-state index < -0.39 is 11.2 Å². The van der Waals surface area contributed by atoms with Crippen LogP contribution in [-0.4, -0.2) is 51.8 Å². The fourth-order valence-electron chi connectivity index (χ4n) is 4.54. The fourth-order valence-corrected chi connectivity index (χ4v) is 5.53. The number of carbonyl (C=O) groups excluding carboxylic acids is 2. The number of hydrogen-bond acceptors (Lipinski definition) is 7. The van der Waals surface area contributed by atoms with Crippen molar-refractivity contribution in [3.63, 3.8) is 0 Å². The minimum atomic E-state index is -0.505. The molecule has 0 aliphatic carbocycles. The molecule has 3 atom stereocenters. The van der Waals surface area contributed by atoms with E-state index in [9.17, 15) is 14.4 Å². The van der Waals surface area contributed by atoms with Gasteiger partial charge >= 0.3 is 5.97 Å². The van der Waals surface area contributed by atoms with Crippen LogP contribution in [-0.2, 0) is 16.1 Å². The maximum absolute atomic E-state index is 13.4. The Balaban J connectivity index is 1.71. The summed E-state index contributed by atoms with van der Waals surface area (Å²) in [4.78, 5) is 45.3. The summed E-state index contributed by atoms with van der Waals surface area (Å²) in [7, 11) is 1.30. The van der Waals surface area contributed by atoms with Gasteiger partial charge < -0.3 is 14.1 Å². The molecule has 1 aromatic carbocycles. The number of hydrogen-bond donors (Lipinski definition) is 0. The van der Waals surface area contributed by atoms with Crippen molar-refractivity contribution in [2.75, 3.05) is 20.2 Å². The van der Waals surface area contributed by atoms with Gasteiger partial charge in [0.15, 0.2) is 5.16 Å². The molecule has 1 aliphatic rings. The summed E-state index contributed by atoms with van der Waals surface area (Å²) in [6.45, 7) is 7.84. The fraction of sp³-hybridized carbons (Fsp3) is 0.440. The molecule has 0 radical (unpaired) electrons. The molecule has 3 unspecified atom stereocenters. The van der Waals surface area contributed by atoms with Crippen LogP contribution in [0.4, 0.5) is 0 Å². The zero-order chi connectivity index (χ0) is 24.4. The third-order valence-electron chi connectivity index (χ3n) is 6.05. The largest absolute Gasteiger partial charge is 0.467 e. The summed E-state index contributed by atoms with van der Waals surface area (Å²) in [6, 6.07) is 8.22. The van der Waals surface area contributed by atoms with Crippen molar-refractivity contribution in [1.29, 1.82) is 0 Å². The second kappa shape index (κ2) is 10.0. The number of furan rings is 1. The van der Waals surface area contributed by atoms with Crippen LogP contribution in [0, 0.1) is 11.8 Å². The third kappa shape index (κ3) is 5.04. The molecule has 1 amide bonds. The average Bonchev–Trinajstić information content (AvgIpc) is 3.32. The van der Waals surface area contributed by atoms with Crippen LogP contribution in [0.1, 0.15) is 43.3 Å². The molecule has 1 fully saturated rings. The molecule has 0 saturated carbocycles. The van der Waals surface area contributed by atoms with E-state index in [1.807, 2.05) is 11.8 Å². The Hall–Kier alpha value is -3.07. The Morgan fingerprint density at radius 2 is 1.97 bits per heavy atom. The van der Waals surface area contributed by atoms with Crippen LogP contribution in [0.5, 0.6) is 0 Å². The molecule has 1 saturated heterocycles. The van der Waals surface area contributed by atoms with E-state index in [2.05, 4.69) is 13.8 Å². The number of carbonyl (C=O) groups is 2. The highest BCUT2D eigenvalue weighted by Crippen LogP contribution is 2.28. The van der Waals surface area contributed by atoms with Crippen molar-refractivity contribution in [2.45, 2.75) is 44.1 Å². The molecule has 3 aromatic rings. The summed E-state index contributed by atoms with van der Waals surface area (Å²) >= 11 is 1.25. The van der Waals surface area contributed by atoms with Gasteiger partial charge in [0.1, 0.15) is 5.76 Å². The second-order valence-corrected chi connectivity index (χ2v) is 10.3. The molecule has 8 nitrogen and oxygen atoms in total. The molecule has 2 aromatic heterocycles. The number of rotatable bonds is 6. The van der Waals surface area contributed by atoms with Gasteiger partial charge in [-0.05, 0) is 55.5 Å². The number of amides is 1. The summed E-state index contributed by atoms with van der Waals surface area (Å²) in [5, 5.41) is 0.338. The van der Waals surface area contributed by atoms with E-state index in [1.165, 1.54) is 23.4 Å². The monoisotopic (exact) mass is 483 g/mol. The van der Waals surface area contributed by atoms with Crippen molar-refractivity contribution in [1.82, 2.24) is 14.5 Å². The van der Waals surface area contributed by atoms with Crippen LogP contribution < -0.4 is 5.56 Å². The predicted octanol–water partition coefficient (Wildman–Crippen LogP) is 3.81. The lowest BCUT2D eigenvalue weighted by Crippen LogP contribution is -2.45. The molecule has 9 heteroatoms. The van der Waals surface area contributed by atoms with E-state index in [-0.39, 0.29) is 18.0 Å². The first-order valence-corrected chi connectivity index (χ1v) is 12.3. The van der Waals surface area contributed by atoms with Crippen LogP contribution in [0.2, 0.25) is 0 Å². The Bertz CT molecular complexity index is 1240. The quantitative estimate of drug-likeness (QED) is 0.299. The molecule has 0 N–H and O–H groups in total. The van der Waals surface area contributed by atoms with Crippen molar-refractivity contribution in [3.8, 4) is 0 Å². The van der Waals surface area contributed by atoms with Gasteiger partial charge in [0, 0.05) is 13.1 Å². The first-order chi connectivity index (χ1) is 16.3. The molecular weight excluding hydrogens is 454 g/mol. The predicted molar refractivity (Wildman–Crippen MR) is 130 cm³/mol. The molecule has 0 bridgehead atoms. The lowest BCUT2D eigenvalue weighted by atomic mass is 9.92. The van der Waals surface area contributed by atoms with Gasteiger partial charge in [0.05, 0.1) is 41.6 Å². The van der Waals surface area contributed by atoms with Gasteiger partial charge in [-0.1, -0.05) is 25.6 Å². The number of fused-ring (bicyclic) bond motifs is 1. The number of esters is 1. The summed E-state index contributed by atoms with van der Waals surface area (Å²) in [5.74, 6) is 1.05. The number of methoxy groups -OCH3 is 1. The lowest BCUT2D eigenvalue weighted by Gasteiger charge is -2.36. The van der Waals surface area contributed by atoms with E-state index in [4.69, 9.17) is 14.1 Å². The molecule has 4 rings (SSSR count). The minimum absolute atomic E-state index is 0.0330. The first-order valence-electron chi connectivity index (χ1n) is 11.4. The SMILES string of the molecule is COC(=O)c1ccc2c(=O)n(Cc3ccco3)c(SC(C)C(=O)N3CC(C)CC(C)C3)nc2c1. The number of likely N-dealkylation sites (tertiary alicyclic amines) is 1. The van der Waals surface area contributed by atoms with Gasteiger partial charge in [-0.3, -0.25) is 14.2 Å². The summed E-state index contributed by atoms with van der Waals surface area (Å²) in [5.41, 5.74) is 0.424. The van der Waals surface area contributed by atoms with Crippen molar-refractivity contribution < 1.29 is 18.7 Å². The molecular formula is C25H29N3O5S. The second-order valence-electron chi connectivity index (χ2n) is 9.04. The smallest absolute Gasteiger partial charge is 0.337 e. The van der Waals surface area contributed by atoms with Crippen LogP contribution in [0.15, 0.2) is 51.0 Å². The van der Waals surface area contributed by atoms with Gasteiger partial charge in [-0.15, -0.1) is 0 Å². The van der Waals surface area contributed by atoms with Crippen molar-refractivity contribution in [2.24, 2.45) is 11.8 Å². The molecule has 34 heavy (non-hydrogen) atoms. The van der Waals surface area contributed by atoms with Gasteiger partial charge in [0.25, 0.3) is 5.56 Å². The number of piperidine rings is 1. The van der Waals surface area contributed by atoms with Crippen LogP contribution in [0.3, 0.4) is 0 Å². The number of benzene rings is 1. The average molecular weight is 484 g/mol. The third-order valence-corrected chi connectivity index (χ3v) is 7.12. The highest BCUT2D eigenvalue weighted by Gasteiger charge is 2.30. The lowest BCUT2D eigenvalue weighted by molar-refractivity contribution is -0.132.